The predicted octanol–water partition coefficient (Wildman–Crippen LogP) is 1.88. The van der Waals surface area contributed by atoms with Gasteiger partial charge in [0.05, 0.1) is 0 Å². The summed E-state index contributed by atoms with van der Waals surface area (Å²) in [5, 5.41) is 5.70. The highest BCUT2D eigenvalue weighted by Crippen LogP contribution is 2.09. The maximum absolute atomic E-state index is 12.7. The van der Waals surface area contributed by atoms with Gasteiger partial charge in [-0.1, -0.05) is 30.3 Å². The molecule has 1 aliphatic rings. The molecule has 2 amide bonds. The first-order valence-corrected chi connectivity index (χ1v) is 10.4. The van der Waals surface area contributed by atoms with Crippen LogP contribution in [0.5, 0.6) is 0 Å². The maximum Gasteiger partial charge on any atom is 0.408 e. The van der Waals surface area contributed by atoms with E-state index in [0.29, 0.717) is 13.0 Å². The molecule has 0 bridgehead atoms. The quantitative estimate of drug-likeness (QED) is 0.647. The highest BCUT2D eigenvalue weighted by Gasteiger charge is 2.24. The third-order valence-electron chi connectivity index (χ3n) is 4.84. The summed E-state index contributed by atoms with van der Waals surface area (Å²) in [5.41, 5.74) is 0.376. The van der Waals surface area contributed by atoms with E-state index in [9.17, 15) is 9.59 Å². The fraction of sp³-hybridized carbons (Fsp3) is 0.636. The van der Waals surface area contributed by atoms with E-state index in [-0.39, 0.29) is 5.91 Å². The number of nitrogens with zero attached hydrogens (tertiary/aromatic N) is 2. The van der Waals surface area contributed by atoms with Gasteiger partial charge in [0.1, 0.15) is 11.6 Å². The van der Waals surface area contributed by atoms with Gasteiger partial charge in [-0.3, -0.25) is 4.79 Å². The molecule has 2 rings (SSSR count). The largest absolute Gasteiger partial charge is 0.444 e. The lowest BCUT2D eigenvalue weighted by Crippen LogP contribution is -2.50. The SMILES string of the molecule is CN1CCN(CCCNC(=O)[C@H](Cc2ccccc2)NC(=O)OC(C)(C)C)CC1. The van der Waals surface area contributed by atoms with Crippen molar-refractivity contribution in [2.24, 2.45) is 0 Å². The van der Waals surface area contributed by atoms with E-state index in [0.717, 1.165) is 44.7 Å². The Morgan fingerprint density at radius 3 is 2.38 bits per heavy atom. The molecule has 0 aromatic heterocycles. The Bertz CT molecular complexity index is 637. The Balaban J connectivity index is 1.83. The molecule has 0 radical (unpaired) electrons. The zero-order valence-corrected chi connectivity index (χ0v) is 18.2. The Hall–Kier alpha value is -2.12. The van der Waals surface area contributed by atoms with Crippen LogP contribution >= 0.6 is 0 Å². The summed E-state index contributed by atoms with van der Waals surface area (Å²) in [6.07, 6.45) is 0.732. The van der Waals surface area contributed by atoms with Crippen LogP contribution in [0.15, 0.2) is 30.3 Å². The van der Waals surface area contributed by atoms with Gasteiger partial charge in [0, 0.05) is 39.1 Å². The number of ether oxygens (including phenoxy) is 1. The molecule has 0 unspecified atom stereocenters. The standard InChI is InChI=1S/C22H36N4O3/c1-22(2,3)29-21(28)24-19(17-18-9-6-5-7-10-18)20(27)23-11-8-12-26-15-13-25(4)14-16-26/h5-7,9-10,19H,8,11-17H2,1-4H3,(H,23,27)(H,24,28)/t19-/m0/s1. The second-order valence-electron chi connectivity index (χ2n) is 8.68. The van der Waals surface area contributed by atoms with Crippen LogP contribution in [0.3, 0.4) is 0 Å². The van der Waals surface area contributed by atoms with Crippen LogP contribution in [-0.2, 0) is 16.0 Å². The summed E-state index contributed by atoms with van der Waals surface area (Å²) in [5.74, 6) is -0.182. The molecule has 0 aliphatic carbocycles. The molecule has 1 aliphatic heterocycles. The molecular weight excluding hydrogens is 368 g/mol. The van der Waals surface area contributed by atoms with Gasteiger partial charge in [0.2, 0.25) is 5.91 Å². The van der Waals surface area contributed by atoms with E-state index in [4.69, 9.17) is 4.74 Å². The highest BCUT2D eigenvalue weighted by atomic mass is 16.6. The van der Waals surface area contributed by atoms with E-state index < -0.39 is 17.7 Å². The zero-order chi connectivity index (χ0) is 21.3. The number of amides is 2. The van der Waals surface area contributed by atoms with Crippen LogP contribution in [-0.4, -0.2) is 79.8 Å². The number of carbonyl (C=O) groups excluding carboxylic acids is 2. The molecule has 1 fully saturated rings. The van der Waals surface area contributed by atoms with Gasteiger partial charge in [0.15, 0.2) is 0 Å². The zero-order valence-electron chi connectivity index (χ0n) is 18.2. The Labute approximate surface area is 174 Å². The normalized spacial score (nSPS) is 16.8. The van der Waals surface area contributed by atoms with Crippen LogP contribution in [0.25, 0.3) is 0 Å². The molecule has 7 nitrogen and oxygen atoms in total. The highest BCUT2D eigenvalue weighted by molar-refractivity contribution is 5.86. The average molecular weight is 405 g/mol. The number of piperazine rings is 1. The summed E-state index contributed by atoms with van der Waals surface area (Å²) in [6, 6.07) is 9.00. The van der Waals surface area contributed by atoms with Crippen molar-refractivity contribution >= 4 is 12.0 Å². The summed E-state index contributed by atoms with van der Waals surface area (Å²) in [6.45, 7) is 11.3. The summed E-state index contributed by atoms with van der Waals surface area (Å²) in [4.78, 5) is 29.7. The van der Waals surface area contributed by atoms with Gasteiger partial charge < -0.3 is 25.2 Å². The van der Waals surface area contributed by atoms with E-state index in [1.54, 1.807) is 20.8 Å². The van der Waals surface area contributed by atoms with E-state index in [1.165, 1.54) is 0 Å². The van der Waals surface area contributed by atoms with Crippen molar-refractivity contribution in [1.82, 2.24) is 20.4 Å². The molecule has 0 saturated carbocycles. The summed E-state index contributed by atoms with van der Waals surface area (Å²) >= 11 is 0. The summed E-state index contributed by atoms with van der Waals surface area (Å²) in [7, 11) is 2.14. The number of carbonyl (C=O) groups is 2. The van der Waals surface area contributed by atoms with Crippen LogP contribution in [0.2, 0.25) is 0 Å². The van der Waals surface area contributed by atoms with Crippen molar-refractivity contribution < 1.29 is 14.3 Å². The number of nitrogens with one attached hydrogen (secondary N) is 2. The molecular formula is C22H36N4O3. The first kappa shape index (κ1) is 23.2. The van der Waals surface area contributed by atoms with Gasteiger partial charge in [0.25, 0.3) is 0 Å². The Morgan fingerprint density at radius 2 is 1.76 bits per heavy atom. The topological polar surface area (TPSA) is 73.9 Å². The molecule has 7 heteroatoms. The Morgan fingerprint density at radius 1 is 1.10 bits per heavy atom. The van der Waals surface area contributed by atoms with Crippen LogP contribution < -0.4 is 10.6 Å². The lowest BCUT2D eigenvalue weighted by molar-refractivity contribution is -0.123. The fourth-order valence-electron chi connectivity index (χ4n) is 3.22. The van der Waals surface area contributed by atoms with Gasteiger partial charge in [-0.2, -0.15) is 0 Å². The van der Waals surface area contributed by atoms with Crippen molar-refractivity contribution in [3.05, 3.63) is 35.9 Å². The average Bonchev–Trinajstić information content (AvgIpc) is 2.65. The van der Waals surface area contributed by atoms with E-state index in [2.05, 4.69) is 27.5 Å². The van der Waals surface area contributed by atoms with Gasteiger partial charge in [-0.15, -0.1) is 0 Å². The number of likely N-dealkylation sites (N-methyl/N-ethyl adjacent to an activating group) is 1. The monoisotopic (exact) mass is 404 g/mol. The minimum atomic E-state index is -0.670. The van der Waals surface area contributed by atoms with Crippen molar-refractivity contribution in [3.63, 3.8) is 0 Å². The first-order chi connectivity index (χ1) is 13.7. The van der Waals surface area contributed by atoms with Gasteiger partial charge >= 0.3 is 6.09 Å². The van der Waals surface area contributed by atoms with Crippen molar-refractivity contribution in [3.8, 4) is 0 Å². The molecule has 1 heterocycles. The summed E-state index contributed by atoms with van der Waals surface area (Å²) < 4.78 is 5.33. The van der Waals surface area contributed by atoms with Crippen molar-refractivity contribution in [2.45, 2.75) is 45.3 Å². The van der Waals surface area contributed by atoms with Gasteiger partial charge in [-0.25, -0.2) is 4.79 Å². The third-order valence-corrected chi connectivity index (χ3v) is 4.84. The molecule has 1 aromatic rings. The molecule has 1 aromatic carbocycles. The fourth-order valence-corrected chi connectivity index (χ4v) is 3.22. The minimum Gasteiger partial charge on any atom is -0.444 e. The van der Waals surface area contributed by atoms with Crippen LogP contribution in [0.1, 0.15) is 32.8 Å². The third kappa shape index (κ3) is 9.28. The van der Waals surface area contributed by atoms with E-state index in [1.807, 2.05) is 30.3 Å². The number of hydrogen-bond donors (Lipinski definition) is 2. The molecule has 2 N–H and O–H groups in total. The first-order valence-electron chi connectivity index (χ1n) is 10.4. The second kappa shape index (κ2) is 11.2. The number of hydrogen-bond acceptors (Lipinski definition) is 5. The minimum absolute atomic E-state index is 0.182. The van der Waals surface area contributed by atoms with E-state index >= 15 is 0 Å². The number of alkyl carbamates (subject to hydrolysis) is 1. The molecule has 29 heavy (non-hydrogen) atoms. The molecule has 162 valence electrons. The molecule has 0 spiro atoms. The molecule has 1 saturated heterocycles. The van der Waals surface area contributed by atoms with Crippen molar-refractivity contribution in [1.29, 1.82) is 0 Å². The lowest BCUT2D eigenvalue weighted by Gasteiger charge is -2.32. The second-order valence-corrected chi connectivity index (χ2v) is 8.68. The van der Waals surface area contributed by atoms with Crippen LogP contribution in [0, 0.1) is 0 Å². The lowest BCUT2D eigenvalue weighted by atomic mass is 10.1. The number of rotatable bonds is 8. The molecule has 1 atom stereocenters. The maximum atomic E-state index is 12.7. The Kier molecular flexibility index (Phi) is 8.92. The van der Waals surface area contributed by atoms with Crippen LogP contribution in [0.4, 0.5) is 4.79 Å². The number of benzene rings is 1. The smallest absolute Gasteiger partial charge is 0.408 e. The van der Waals surface area contributed by atoms with Crippen molar-refractivity contribution in [2.75, 3.05) is 46.3 Å². The van der Waals surface area contributed by atoms with Gasteiger partial charge in [-0.05, 0) is 46.3 Å². The predicted molar refractivity (Wildman–Crippen MR) is 115 cm³/mol.